The Labute approximate surface area is 122 Å². The van der Waals surface area contributed by atoms with E-state index >= 15 is 0 Å². The van der Waals surface area contributed by atoms with E-state index in [0.29, 0.717) is 19.0 Å². The number of hydrogen-bond donors (Lipinski definition) is 3. The van der Waals surface area contributed by atoms with Crippen LogP contribution in [0.2, 0.25) is 0 Å². The quantitative estimate of drug-likeness (QED) is 0.785. The molecule has 0 saturated carbocycles. The summed E-state index contributed by atoms with van der Waals surface area (Å²) in [5.74, 6) is -0.710. The van der Waals surface area contributed by atoms with Crippen LogP contribution in [0.5, 0.6) is 5.75 Å². The Bertz CT molecular complexity index is 526. The van der Waals surface area contributed by atoms with Crippen molar-refractivity contribution >= 4 is 17.7 Å². The van der Waals surface area contributed by atoms with Gasteiger partial charge in [0.05, 0.1) is 18.4 Å². The summed E-state index contributed by atoms with van der Waals surface area (Å²) in [5, 5.41) is 14.5. The highest BCUT2D eigenvalue weighted by molar-refractivity contribution is 6.00. The van der Waals surface area contributed by atoms with Gasteiger partial charge < -0.3 is 25.2 Å². The Morgan fingerprint density at radius 2 is 2.05 bits per heavy atom. The number of methoxy groups -OCH3 is 1. The minimum atomic E-state index is -1.13. The molecule has 1 fully saturated rings. The Balaban J connectivity index is 2.04. The number of rotatable bonds is 4. The normalized spacial score (nSPS) is 15.3. The number of anilines is 1. The molecule has 0 spiro atoms. The summed E-state index contributed by atoms with van der Waals surface area (Å²) in [6.07, 6.45) is 1.50. The number of amides is 2. The van der Waals surface area contributed by atoms with Gasteiger partial charge in [-0.15, -0.1) is 0 Å². The summed E-state index contributed by atoms with van der Waals surface area (Å²) < 4.78 is 10.2. The van der Waals surface area contributed by atoms with Gasteiger partial charge in [0.2, 0.25) is 0 Å². The fourth-order valence-corrected chi connectivity index (χ4v) is 2.12. The molecule has 1 saturated heterocycles. The van der Waals surface area contributed by atoms with E-state index in [2.05, 4.69) is 10.6 Å². The first-order chi connectivity index (χ1) is 10.1. The highest BCUT2D eigenvalue weighted by atomic mass is 16.5. The van der Waals surface area contributed by atoms with Gasteiger partial charge in [-0.2, -0.15) is 0 Å². The zero-order valence-electron chi connectivity index (χ0n) is 11.7. The summed E-state index contributed by atoms with van der Waals surface area (Å²) in [5.41, 5.74) is 0.212. The monoisotopic (exact) mass is 294 g/mol. The molecule has 3 N–H and O–H groups in total. The second-order valence-corrected chi connectivity index (χ2v) is 4.70. The van der Waals surface area contributed by atoms with Crippen LogP contribution in [0.3, 0.4) is 0 Å². The number of nitrogens with one attached hydrogen (secondary N) is 2. The minimum Gasteiger partial charge on any atom is -0.497 e. The lowest BCUT2D eigenvalue weighted by Crippen LogP contribution is -2.41. The molecule has 114 valence electrons. The van der Waals surface area contributed by atoms with Crippen LogP contribution in [0.1, 0.15) is 23.2 Å². The average Bonchev–Trinajstić information content (AvgIpc) is 2.48. The third kappa shape index (κ3) is 4.09. The Hall–Kier alpha value is -2.28. The van der Waals surface area contributed by atoms with Crippen LogP contribution in [-0.2, 0) is 4.74 Å². The number of aromatic carboxylic acids is 1. The molecule has 1 aromatic carbocycles. The predicted molar refractivity (Wildman–Crippen MR) is 75.9 cm³/mol. The summed E-state index contributed by atoms with van der Waals surface area (Å²) in [4.78, 5) is 23.1. The number of hydrogen-bond acceptors (Lipinski definition) is 4. The van der Waals surface area contributed by atoms with Crippen LogP contribution < -0.4 is 15.4 Å². The lowest BCUT2D eigenvalue weighted by Gasteiger charge is -2.23. The van der Waals surface area contributed by atoms with Crippen molar-refractivity contribution in [2.45, 2.75) is 18.9 Å². The van der Waals surface area contributed by atoms with E-state index in [9.17, 15) is 14.7 Å². The van der Waals surface area contributed by atoms with E-state index in [0.717, 1.165) is 12.8 Å². The van der Waals surface area contributed by atoms with Gasteiger partial charge in [0.15, 0.2) is 0 Å². The van der Waals surface area contributed by atoms with Crippen molar-refractivity contribution in [1.29, 1.82) is 0 Å². The topological polar surface area (TPSA) is 96.9 Å². The van der Waals surface area contributed by atoms with Crippen molar-refractivity contribution in [1.82, 2.24) is 5.32 Å². The molecule has 0 atom stereocenters. The molecule has 0 aliphatic carbocycles. The second kappa shape index (κ2) is 6.94. The van der Waals surface area contributed by atoms with Crippen molar-refractivity contribution in [2.75, 3.05) is 25.6 Å². The molecule has 1 aromatic rings. The number of benzene rings is 1. The van der Waals surface area contributed by atoms with E-state index in [4.69, 9.17) is 9.47 Å². The van der Waals surface area contributed by atoms with Crippen LogP contribution in [0.15, 0.2) is 18.2 Å². The van der Waals surface area contributed by atoms with Gasteiger partial charge in [0.1, 0.15) is 5.75 Å². The standard InChI is InChI=1S/C14H18N2O5/c1-20-10-2-3-12(11(8-10)13(17)18)16-14(19)15-9-4-6-21-7-5-9/h2-3,8-9H,4-7H2,1H3,(H,17,18)(H2,15,16,19). The third-order valence-corrected chi connectivity index (χ3v) is 3.26. The molecule has 0 radical (unpaired) electrons. The number of urea groups is 1. The molecule has 7 heteroatoms. The largest absolute Gasteiger partial charge is 0.497 e. The summed E-state index contributed by atoms with van der Waals surface area (Å²) in [6.45, 7) is 1.24. The van der Waals surface area contributed by atoms with Gasteiger partial charge in [-0.1, -0.05) is 0 Å². The first-order valence-corrected chi connectivity index (χ1v) is 6.66. The zero-order valence-corrected chi connectivity index (χ0v) is 11.7. The van der Waals surface area contributed by atoms with Gasteiger partial charge in [-0.25, -0.2) is 9.59 Å². The van der Waals surface area contributed by atoms with Crippen LogP contribution in [0.25, 0.3) is 0 Å². The van der Waals surface area contributed by atoms with Gasteiger partial charge in [0, 0.05) is 19.3 Å². The fourth-order valence-electron chi connectivity index (χ4n) is 2.12. The van der Waals surface area contributed by atoms with Gasteiger partial charge in [0.25, 0.3) is 0 Å². The van der Waals surface area contributed by atoms with Crippen molar-refractivity contribution < 1.29 is 24.2 Å². The molecule has 7 nitrogen and oxygen atoms in total. The smallest absolute Gasteiger partial charge is 0.337 e. The fraction of sp³-hybridized carbons (Fsp3) is 0.429. The molecule has 0 aromatic heterocycles. The first kappa shape index (κ1) is 15.1. The number of carboxylic acid groups (broad SMARTS) is 1. The minimum absolute atomic E-state index is 0.0172. The Morgan fingerprint density at radius 1 is 1.33 bits per heavy atom. The van der Waals surface area contributed by atoms with Crippen molar-refractivity contribution in [2.24, 2.45) is 0 Å². The number of carboxylic acids is 1. The summed E-state index contributed by atoms with van der Waals surface area (Å²) in [6, 6.07) is 4.09. The highest BCUT2D eigenvalue weighted by Gasteiger charge is 2.18. The van der Waals surface area contributed by atoms with Gasteiger partial charge in [-0.05, 0) is 31.0 Å². The average molecular weight is 294 g/mol. The number of carbonyl (C=O) groups is 2. The highest BCUT2D eigenvalue weighted by Crippen LogP contribution is 2.22. The van der Waals surface area contributed by atoms with E-state index < -0.39 is 12.0 Å². The first-order valence-electron chi connectivity index (χ1n) is 6.66. The molecule has 1 aliphatic rings. The molecule has 2 amide bonds. The molecule has 0 unspecified atom stereocenters. The van der Waals surface area contributed by atoms with Crippen LogP contribution in [0, 0.1) is 0 Å². The van der Waals surface area contributed by atoms with Crippen molar-refractivity contribution in [3.05, 3.63) is 23.8 Å². The maximum atomic E-state index is 11.9. The zero-order chi connectivity index (χ0) is 15.2. The summed E-state index contributed by atoms with van der Waals surface area (Å²) in [7, 11) is 1.45. The van der Waals surface area contributed by atoms with E-state index in [1.54, 1.807) is 6.07 Å². The molecule has 2 rings (SSSR count). The van der Waals surface area contributed by atoms with Crippen LogP contribution in [-0.4, -0.2) is 43.5 Å². The Morgan fingerprint density at radius 3 is 2.67 bits per heavy atom. The predicted octanol–water partition coefficient (Wildman–Crippen LogP) is 1.69. The maximum Gasteiger partial charge on any atom is 0.337 e. The van der Waals surface area contributed by atoms with Crippen LogP contribution >= 0.6 is 0 Å². The maximum absolute atomic E-state index is 11.9. The molecular formula is C14H18N2O5. The van der Waals surface area contributed by atoms with Crippen molar-refractivity contribution in [3.8, 4) is 5.75 Å². The summed E-state index contributed by atoms with van der Waals surface area (Å²) >= 11 is 0. The molecular weight excluding hydrogens is 276 g/mol. The lowest BCUT2D eigenvalue weighted by atomic mass is 10.1. The third-order valence-electron chi connectivity index (χ3n) is 3.26. The molecule has 0 bridgehead atoms. The van der Waals surface area contributed by atoms with E-state index in [1.165, 1.54) is 19.2 Å². The van der Waals surface area contributed by atoms with Crippen LogP contribution in [0.4, 0.5) is 10.5 Å². The number of carbonyl (C=O) groups excluding carboxylic acids is 1. The number of ether oxygens (including phenoxy) is 2. The van der Waals surface area contributed by atoms with Gasteiger partial charge >= 0.3 is 12.0 Å². The molecule has 21 heavy (non-hydrogen) atoms. The SMILES string of the molecule is COc1ccc(NC(=O)NC2CCOCC2)c(C(=O)O)c1. The van der Waals surface area contributed by atoms with Gasteiger partial charge in [-0.3, -0.25) is 0 Å². The Kier molecular flexibility index (Phi) is 4.99. The van der Waals surface area contributed by atoms with E-state index in [1.807, 2.05) is 0 Å². The molecule has 1 aliphatic heterocycles. The lowest BCUT2D eigenvalue weighted by molar-refractivity contribution is 0.0697. The van der Waals surface area contributed by atoms with E-state index in [-0.39, 0.29) is 17.3 Å². The second-order valence-electron chi connectivity index (χ2n) is 4.70. The molecule has 1 heterocycles. The van der Waals surface area contributed by atoms with Crippen molar-refractivity contribution in [3.63, 3.8) is 0 Å².